The maximum absolute atomic E-state index is 11.8. The van der Waals surface area contributed by atoms with Gasteiger partial charge in [-0.05, 0) is 43.1 Å². The third-order valence-corrected chi connectivity index (χ3v) is 5.80. The van der Waals surface area contributed by atoms with Gasteiger partial charge in [-0.15, -0.1) is 0 Å². The first-order valence-corrected chi connectivity index (χ1v) is 10.5. The molecule has 0 spiro atoms. The van der Waals surface area contributed by atoms with Crippen LogP contribution in [0.2, 0.25) is 0 Å². The summed E-state index contributed by atoms with van der Waals surface area (Å²) in [7, 11) is 1.85. The number of benzene rings is 1. The zero-order chi connectivity index (χ0) is 19.1. The van der Waals surface area contributed by atoms with Crippen LogP contribution in [0.25, 0.3) is 0 Å². The number of nitrogens with zero attached hydrogens (tertiary/aromatic N) is 2. The lowest BCUT2D eigenvalue weighted by Gasteiger charge is -2.40. The van der Waals surface area contributed by atoms with Crippen molar-refractivity contribution in [3.05, 3.63) is 35.9 Å². The van der Waals surface area contributed by atoms with Crippen molar-refractivity contribution in [3.63, 3.8) is 0 Å². The normalized spacial score (nSPS) is 23.2. The molecule has 1 aliphatic heterocycles. The van der Waals surface area contributed by atoms with Crippen molar-refractivity contribution in [2.45, 2.75) is 57.4 Å². The number of nitrogens with one attached hydrogen (secondary N) is 2. The fraction of sp³-hybridized carbons (Fsp3) is 0.636. The second-order valence-electron chi connectivity index (χ2n) is 7.84. The summed E-state index contributed by atoms with van der Waals surface area (Å²) in [5.41, 5.74) is 1.47. The van der Waals surface area contributed by atoms with Crippen molar-refractivity contribution in [3.8, 4) is 0 Å². The number of hydrogen-bond donors (Lipinski definition) is 2. The number of carbonyl (C=O) groups is 1. The highest BCUT2D eigenvalue weighted by molar-refractivity contribution is 5.80. The average Bonchev–Trinajstić information content (AvgIpc) is 3.52. The molecule has 2 N–H and O–H groups in total. The van der Waals surface area contributed by atoms with Crippen LogP contribution in [0.1, 0.15) is 56.9 Å². The molecular weight excluding hydrogens is 336 g/mol. The first-order valence-electron chi connectivity index (χ1n) is 10.5. The van der Waals surface area contributed by atoms with Crippen molar-refractivity contribution < 1.29 is 4.79 Å². The lowest BCUT2D eigenvalue weighted by molar-refractivity contribution is -0.121. The van der Waals surface area contributed by atoms with Crippen LogP contribution in [0.15, 0.2) is 35.3 Å². The number of amides is 1. The van der Waals surface area contributed by atoms with Crippen LogP contribution in [-0.2, 0) is 4.79 Å². The van der Waals surface area contributed by atoms with E-state index in [1.165, 1.54) is 12.0 Å². The molecule has 1 saturated heterocycles. The molecule has 27 heavy (non-hydrogen) atoms. The zero-order valence-electron chi connectivity index (χ0n) is 16.8. The van der Waals surface area contributed by atoms with Gasteiger partial charge in [0.1, 0.15) is 0 Å². The summed E-state index contributed by atoms with van der Waals surface area (Å²) in [5, 5.41) is 6.50. The Morgan fingerprint density at radius 3 is 2.67 bits per heavy atom. The van der Waals surface area contributed by atoms with Crippen molar-refractivity contribution in [1.29, 1.82) is 0 Å². The summed E-state index contributed by atoms with van der Waals surface area (Å²) in [6.07, 6.45) is 6.06. The Kier molecular flexibility index (Phi) is 7.13. The van der Waals surface area contributed by atoms with Gasteiger partial charge in [-0.2, -0.15) is 0 Å². The van der Waals surface area contributed by atoms with Crippen molar-refractivity contribution in [2.75, 3.05) is 26.7 Å². The van der Waals surface area contributed by atoms with Gasteiger partial charge in [0.05, 0.1) is 0 Å². The molecule has 2 aliphatic rings. The summed E-state index contributed by atoms with van der Waals surface area (Å²) >= 11 is 0. The molecule has 1 aromatic carbocycles. The average molecular weight is 371 g/mol. The number of carbonyl (C=O) groups excluding carboxylic acids is 1. The smallest absolute Gasteiger partial charge is 0.220 e. The van der Waals surface area contributed by atoms with Crippen LogP contribution >= 0.6 is 0 Å². The van der Waals surface area contributed by atoms with E-state index < -0.39 is 0 Å². The van der Waals surface area contributed by atoms with E-state index in [0.29, 0.717) is 24.3 Å². The van der Waals surface area contributed by atoms with Crippen LogP contribution in [0.5, 0.6) is 0 Å². The number of piperidine rings is 1. The molecule has 1 amide bonds. The van der Waals surface area contributed by atoms with E-state index in [4.69, 9.17) is 0 Å². The highest BCUT2D eigenvalue weighted by Crippen LogP contribution is 2.34. The summed E-state index contributed by atoms with van der Waals surface area (Å²) in [6.45, 7) is 5.15. The third kappa shape index (κ3) is 5.72. The third-order valence-electron chi connectivity index (χ3n) is 5.80. The standard InChI is InChI=1S/C22H34N4O/c1-3-17-16-26(15-13-20(17)18-8-5-4-6-9-18)22(23-2)24-14-7-10-21(27)25-19-11-12-19/h4-6,8-9,17,19-20H,3,7,10-16H2,1-2H3,(H,23,24)(H,25,27). The molecule has 1 aromatic rings. The lowest BCUT2D eigenvalue weighted by atomic mass is 9.79. The van der Waals surface area contributed by atoms with Gasteiger partial charge in [0.15, 0.2) is 5.96 Å². The maximum atomic E-state index is 11.8. The molecule has 1 heterocycles. The summed E-state index contributed by atoms with van der Waals surface area (Å²) in [6, 6.07) is 11.4. The molecule has 1 saturated carbocycles. The second kappa shape index (κ2) is 9.77. The lowest BCUT2D eigenvalue weighted by Crippen LogP contribution is -2.48. The fourth-order valence-corrected chi connectivity index (χ4v) is 4.09. The Morgan fingerprint density at radius 1 is 1.22 bits per heavy atom. The Bertz CT molecular complexity index is 626. The van der Waals surface area contributed by atoms with E-state index in [1.54, 1.807) is 0 Å². The van der Waals surface area contributed by atoms with Crippen LogP contribution in [0, 0.1) is 5.92 Å². The van der Waals surface area contributed by atoms with E-state index in [-0.39, 0.29) is 5.91 Å². The quantitative estimate of drug-likeness (QED) is 0.440. The van der Waals surface area contributed by atoms with Crippen molar-refractivity contribution in [1.82, 2.24) is 15.5 Å². The van der Waals surface area contributed by atoms with Gasteiger partial charge >= 0.3 is 0 Å². The molecule has 5 heteroatoms. The molecule has 2 unspecified atom stereocenters. The van der Waals surface area contributed by atoms with E-state index in [0.717, 1.165) is 51.3 Å². The van der Waals surface area contributed by atoms with Gasteiger partial charge in [-0.1, -0.05) is 43.7 Å². The molecule has 0 radical (unpaired) electrons. The monoisotopic (exact) mass is 370 g/mol. The van der Waals surface area contributed by atoms with Gasteiger partial charge < -0.3 is 15.5 Å². The maximum Gasteiger partial charge on any atom is 0.220 e. The Labute approximate surface area is 163 Å². The van der Waals surface area contributed by atoms with Crippen LogP contribution in [-0.4, -0.2) is 49.5 Å². The van der Waals surface area contributed by atoms with Gasteiger partial charge in [-0.3, -0.25) is 9.79 Å². The van der Waals surface area contributed by atoms with Crippen LogP contribution in [0.3, 0.4) is 0 Å². The molecule has 2 atom stereocenters. The number of guanidine groups is 1. The van der Waals surface area contributed by atoms with Gasteiger partial charge in [0, 0.05) is 39.1 Å². The predicted molar refractivity (Wildman–Crippen MR) is 111 cm³/mol. The van der Waals surface area contributed by atoms with Crippen molar-refractivity contribution >= 4 is 11.9 Å². The molecular formula is C22H34N4O. The summed E-state index contributed by atoms with van der Waals surface area (Å²) < 4.78 is 0. The van der Waals surface area contributed by atoms with Crippen LogP contribution in [0.4, 0.5) is 0 Å². The summed E-state index contributed by atoms with van der Waals surface area (Å²) in [4.78, 5) is 18.7. The zero-order valence-corrected chi connectivity index (χ0v) is 16.8. The minimum atomic E-state index is 0.184. The van der Waals surface area contributed by atoms with Gasteiger partial charge in [-0.25, -0.2) is 0 Å². The molecule has 5 nitrogen and oxygen atoms in total. The topological polar surface area (TPSA) is 56.7 Å². The van der Waals surface area contributed by atoms with E-state index >= 15 is 0 Å². The van der Waals surface area contributed by atoms with Gasteiger partial charge in [0.2, 0.25) is 5.91 Å². The van der Waals surface area contributed by atoms with E-state index in [9.17, 15) is 4.79 Å². The molecule has 3 rings (SSSR count). The largest absolute Gasteiger partial charge is 0.356 e. The molecule has 148 valence electrons. The van der Waals surface area contributed by atoms with E-state index in [2.05, 4.69) is 57.8 Å². The Balaban J connectivity index is 1.45. The Hall–Kier alpha value is -2.04. The molecule has 2 fully saturated rings. The second-order valence-corrected chi connectivity index (χ2v) is 7.84. The van der Waals surface area contributed by atoms with Crippen molar-refractivity contribution in [2.24, 2.45) is 10.9 Å². The Morgan fingerprint density at radius 2 is 2.00 bits per heavy atom. The summed E-state index contributed by atoms with van der Waals surface area (Å²) in [5.74, 6) is 2.44. The SMILES string of the molecule is CCC1CN(C(=NC)NCCCC(=O)NC2CC2)CCC1c1ccccc1. The minimum Gasteiger partial charge on any atom is -0.356 e. The number of likely N-dealkylation sites (tertiary alicyclic amines) is 1. The van der Waals surface area contributed by atoms with Gasteiger partial charge in [0.25, 0.3) is 0 Å². The van der Waals surface area contributed by atoms with E-state index in [1.807, 2.05) is 7.05 Å². The van der Waals surface area contributed by atoms with Crippen LogP contribution < -0.4 is 10.6 Å². The minimum absolute atomic E-state index is 0.184. The fourth-order valence-electron chi connectivity index (χ4n) is 4.09. The predicted octanol–water partition coefficient (Wildman–Crippen LogP) is 3.14. The molecule has 0 aromatic heterocycles. The number of aliphatic imine (C=N–C) groups is 1. The first kappa shape index (κ1) is 19.7. The highest BCUT2D eigenvalue weighted by Gasteiger charge is 2.30. The first-order chi connectivity index (χ1) is 13.2. The highest BCUT2D eigenvalue weighted by atomic mass is 16.1. The number of hydrogen-bond acceptors (Lipinski definition) is 2. The number of rotatable bonds is 7. The molecule has 1 aliphatic carbocycles. The molecule has 0 bridgehead atoms.